The van der Waals surface area contributed by atoms with Gasteiger partial charge in [0.1, 0.15) is 5.54 Å². The van der Waals surface area contributed by atoms with Crippen LogP contribution in [0.25, 0.3) is 0 Å². The topological polar surface area (TPSA) is 86.8 Å². The zero-order valence-electron chi connectivity index (χ0n) is 16.9. The summed E-state index contributed by atoms with van der Waals surface area (Å²) in [6.07, 6.45) is 7.24. The summed E-state index contributed by atoms with van der Waals surface area (Å²) in [5, 5.41) is 3.53. The number of amides is 2. The van der Waals surface area contributed by atoms with Crippen molar-refractivity contribution in [2.45, 2.75) is 57.0 Å². The lowest BCUT2D eigenvalue weighted by Gasteiger charge is -2.47. The van der Waals surface area contributed by atoms with Gasteiger partial charge in [0.25, 0.3) is 0 Å². The number of nitrogens with one attached hydrogen (secondary N) is 1. The molecule has 0 bridgehead atoms. The van der Waals surface area contributed by atoms with Gasteiger partial charge in [-0.1, -0.05) is 43.4 Å². The Labute approximate surface area is 177 Å². The van der Waals surface area contributed by atoms with Gasteiger partial charge in [-0.15, -0.1) is 0 Å². The maximum absolute atomic E-state index is 13.4. The van der Waals surface area contributed by atoms with E-state index in [0.29, 0.717) is 10.7 Å². The van der Waals surface area contributed by atoms with Crippen LogP contribution in [0.2, 0.25) is 5.02 Å². The number of halogens is 1. The van der Waals surface area contributed by atoms with Crippen molar-refractivity contribution in [2.75, 3.05) is 24.2 Å². The summed E-state index contributed by atoms with van der Waals surface area (Å²) >= 11 is 6.11. The Balaban J connectivity index is 1.96. The molecule has 7 nitrogen and oxygen atoms in total. The first-order chi connectivity index (χ1) is 13.6. The quantitative estimate of drug-likeness (QED) is 0.727. The molecule has 0 aromatic heterocycles. The third-order valence-corrected chi connectivity index (χ3v) is 7.19. The molecule has 1 aliphatic carbocycles. The third-order valence-electron chi connectivity index (χ3n) is 5.75. The minimum Gasteiger partial charge on any atom is -0.351 e. The van der Waals surface area contributed by atoms with Crippen LogP contribution in [0.5, 0.6) is 0 Å². The molecule has 160 valence electrons. The molecule has 29 heavy (non-hydrogen) atoms. The summed E-state index contributed by atoms with van der Waals surface area (Å²) < 4.78 is 25.4. The molecule has 3 rings (SSSR count). The average molecular weight is 442 g/mol. The molecule has 1 saturated carbocycles. The maximum atomic E-state index is 13.4. The Morgan fingerprint density at radius 1 is 1.21 bits per heavy atom. The first kappa shape index (κ1) is 22.1. The highest BCUT2D eigenvalue weighted by molar-refractivity contribution is 7.88. The number of anilines is 1. The summed E-state index contributed by atoms with van der Waals surface area (Å²) in [6.45, 7) is 1.20. The Morgan fingerprint density at radius 2 is 1.86 bits per heavy atom. The molecule has 0 radical (unpaired) electrons. The van der Waals surface area contributed by atoms with E-state index in [1.54, 1.807) is 31.2 Å². The Morgan fingerprint density at radius 3 is 2.45 bits per heavy atom. The molecular weight excluding hydrogens is 414 g/mol. The molecule has 1 saturated heterocycles. The summed E-state index contributed by atoms with van der Waals surface area (Å²) in [5.41, 5.74) is -0.899. The summed E-state index contributed by atoms with van der Waals surface area (Å²) in [5.74, 6) is -0.798. The van der Waals surface area contributed by atoms with E-state index in [1.165, 1.54) is 4.90 Å². The number of hydrogen-bond donors (Lipinski definition) is 1. The van der Waals surface area contributed by atoms with Gasteiger partial charge in [0, 0.05) is 23.3 Å². The Hall–Kier alpha value is -1.64. The smallest absolute Gasteiger partial charge is 0.247 e. The second-order valence-corrected chi connectivity index (χ2v) is 10.6. The van der Waals surface area contributed by atoms with E-state index < -0.39 is 21.5 Å². The Bertz CT molecular complexity index is 883. The predicted molar refractivity (Wildman–Crippen MR) is 113 cm³/mol. The zero-order chi connectivity index (χ0) is 21.2. The number of piperazine rings is 1. The fourth-order valence-corrected chi connectivity index (χ4v) is 5.20. The van der Waals surface area contributed by atoms with Gasteiger partial charge in [-0.3, -0.25) is 14.5 Å². The zero-order valence-corrected chi connectivity index (χ0v) is 18.4. The van der Waals surface area contributed by atoms with Gasteiger partial charge < -0.3 is 5.32 Å². The van der Waals surface area contributed by atoms with Crippen LogP contribution in [0.15, 0.2) is 24.3 Å². The van der Waals surface area contributed by atoms with Gasteiger partial charge >= 0.3 is 0 Å². The largest absolute Gasteiger partial charge is 0.351 e. The fourth-order valence-electron chi connectivity index (χ4n) is 4.18. The number of benzene rings is 1. The number of sulfonamides is 1. The van der Waals surface area contributed by atoms with Crippen LogP contribution in [-0.4, -0.2) is 55.5 Å². The van der Waals surface area contributed by atoms with Crippen molar-refractivity contribution >= 4 is 39.1 Å². The van der Waals surface area contributed by atoms with Gasteiger partial charge in [0.2, 0.25) is 21.8 Å². The van der Waals surface area contributed by atoms with Crippen LogP contribution in [-0.2, 0) is 19.6 Å². The summed E-state index contributed by atoms with van der Waals surface area (Å²) in [7, 11) is -3.64. The standard InChI is InChI=1S/C20H28ClN3O4S/c1-20(19(26)22-16-9-5-3-4-6-10-16)14-23(29(2,27)28)13-18(25)24(20)17-11-7-8-15(21)12-17/h7-8,11-12,16H,3-6,9-10,13-14H2,1-2H3,(H,22,26). The molecule has 1 aromatic carbocycles. The van der Waals surface area contributed by atoms with Gasteiger partial charge in [-0.2, -0.15) is 4.31 Å². The van der Waals surface area contributed by atoms with Gasteiger partial charge in [-0.05, 0) is 38.0 Å². The normalized spacial score (nSPS) is 24.9. The number of carbonyl (C=O) groups excluding carboxylic acids is 2. The molecule has 1 atom stereocenters. The first-order valence-electron chi connectivity index (χ1n) is 9.96. The van der Waals surface area contributed by atoms with Crippen molar-refractivity contribution in [2.24, 2.45) is 0 Å². The lowest BCUT2D eigenvalue weighted by atomic mass is 9.93. The van der Waals surface area contributed by atoms with Gasteiger partial charge in [0.15, 0.2) is 0 Å². The Kier molecular flexibility index (Phi) is 6.55. The van der Waals surface area contributed by atoms with Crippen LogP contribution in [0, 0.1) is 0 Å². The highest BCUT2D eigenvalue weighted by Gasteiger charge is 2.50. The van der Waals surface area contributed by atoms with Crippen LogP contribution < -0.4 is 10.2 Å². The SMILES string of the molecule is CC1(C(=O)NC2CCCCCC2)CN(S(C)(=O)=O)CC(=O)N1c1cccc(Cl)c1. The second-order valence-electron chi connectivity index (χ2n) is 8.18. The molecule has 2 fully saturated rings. The first-order valence-corrected chi connectivity index (χ1v) is 12.2. The van der Waals surface area contributed by atoms with E-state index in [0.717, 1.165) is 49.1 Å². The maximum Gasteiger partial charge on any atom is 0.247 e. The predicted octanol–water partition coefficient (Wildman–Crippen LogP) is 2.55. The van der Waals surface area contributed by atoms with E-state index in [9.17, 15) is 18.0 Å². The van der Waals surface area contributed by atoms with Crippen molar-refractivity contribution < 1.29 is 18.0 Å². The van der Waals surface area contributed by atoms with Crippen molar-refractivity contribution in [1.29, 1.82) is 0 Å². The molecule has 2 amide bonds. The van der Waals surface area contributed by atoms with Crippen LogP contribution in [0.1, 0.15) is 45.4 Å². The van der Waals surface area contributed by atoms with Crippen LogP contribution >= 0.6 is 11.6 Å². The monoisotopic (exact) mass is 441 g/mol. The van der Waals surface area contributed by atoms with Gasteiger partial charge in [-0.25, -0.2) is 8.42 Å². The number of hydrogen-bond acceptors (Lipinski definition) is 4. The number of nitrogens with zero attached hydrogens (tertiary/aromatic N) is 2. The van der Waals surface area contributed by atoms with Crippen LogP contribution in [0.4, 0.5) is 5.69 Å². The molecule has 1 heterocycles. The molecule has 1 aliphatic heterocycles. The summed E-state index contributed by atoms with van der Waals surface area (Å²) in [4.78, 5) is 27.9. The van der Waals surface area contributed by atoms with E-state index in [1.807, 2.05) is 0 Å². The van der Waals surface area contributed by atoms with Crippen LogP contribution in [0.3, 0.4) is 0 Å². The number of rotatable bonds is 4. The molecule has 1 N–H and O–H groups in total. The number of carbonyl (C=O) groups is 2. The van der Waals surface area contributed by atoms with Crippen molar-refractivity contribution in [1.82, 2.24) is 9.62 Å². The molecule has 1 aromatic rings. The molecule has 9 heteroatoms. The summed E-state index contributed by atoms with van der Waals surface area (Å²) in [6, 6.07) is 6.75. The lowest BCUT2D eigenvalue weighted by molar-refractivity contribution is -0.133. The van der Waals surface area contributed by atoms with E-state index in [-0.39, 0.29) is 25.0 Å². The lowest BCUT2D eigenvalue weighted by Crippen LogP contribution is -2.70. The van der Waals surface area contributed by atoms with E-state index in [4.69, 9.17) is 11.6 Å². The molecular formula is C20H28ClN3O4S. The minimum absolute atomic E-state index is 0.0340. The molecule has 1 unspecified atom stereocenters. The molecule has 2 aliphatic rings. The second kappa shape index (κ2) is 8.62. The van der Waals surface area contributed by atoms with E-state index >= 15 is 0 Å². The van der Waals surface area contributed by atoms with E-state index in [2.05, 4.69) is 5.32 Å². The fraction of sp³-hybridized carbons (Fsp3) is 0.600. The van der Waals surface area contributed by atoms with Crippen molar-refractivity contribution in [3.63, 3.8) is 0 Å². The van der Waals surface area contributed by atoms with Crippen molar-refractivity contribution in [3.05, 3.63) is 29.3 Å². The third kappa shape index (κ3) is 4.92. The minimum atomic E-state index is -3.64. The average Bonchev–Trinajstić information content (AvgIpc) is 2.89. The highest BCUT2D eigenvalue weighted by Crippen LogP contribution is 2.32. The highest BCUT2D eigenvalue weighted by atomic mass is 35.5. The van der Waals surface area contributed by atoms with Crippen molar-refractivity contribution in [3.8, 4) is 0 Å². The van der Waals surface area contributed by atoms with Gasteiger partial charge in [0.05, 0.1) is 12.8 Å². The molecule has 0 spiro atoms.